The summed E-state index contributed by atoms with van der Waals surface area (Å²) in [7, 11) is 0. The molecule has 0 unspecified atom stereocenters. The molecule has 0 aliphatic heterocycles. The van der Waals surface area contributed by atoms with E-state index >= 15 is 0 Å². The van der Waals surface area contributed by atoms with Crippen molar-refractivity contribution in [3.8, 4) is 17.9 Å². The van der Waals surface area contributed by atoms with Gasteiger partial charge in [0.25, 0.3) is 0 Å². The van der Waals surface area contributed by atoms with E-state index in [4.69, 9.17) is 26.9 Å². The first kappa shape index (κ1) is 15.3. The summed E-state index contributed by atoms with van der Waals surface area (Å²) in [5, 5.41) is 18.1. The van der Waals surface area contributed by atoms with Crippen LogP contribution < -0.4 is 4.74 Å². The van der Waals surface area contributed by atoms with E-state index < -0.39 is 0 Å². The van der Waals surface area contributed by atoms with E-state index in [2.05, 4.69) is 6.07 Å². The molecule has 0 heterocycles. The van der Waals surface area contributed by atoms with Crippen molar-refractivity contribution in [2.75, 3.05) is 6.61 Å². The highest BCUT2D eigenvalue weighted by Crippen LogP contribution is 2.26. The van der Waals surface area contributed by atoms with Gasteiger partial charge in [0.1, 0.15) is 5.75 Å². The average Bonchev–Trinajstić information content (AvgIpc) is 2.39. The number of rotatable bonds is 6. The van der Waals surface area contributed by atoms with Crippen LogP contribution in [0.15, 0.2) is 18.2 Å². The number of nitrogens with zero attached hydrogens (tertiary/aromatic N) is 2. The van der Waals surface area contributed by atoms with Gasteiger partial charge in [-0.2, -0.15) is 10.5 Å². The maximum absolute atomic E-state index is 8.89. The third kappa shape index (κ3) is 5.20. The second kappa shape index (κ2) is 7.02. The van der Waals surface area contributed by atoms with Gasteiger partial charge in [-0.15, -0.1) is 0 Å². The van der Waals surface area contributed by atoms with Crippen LogP contribution in [-0.2, 0) is 0 Å². The number of hydrogen-bond donors (Lipinski definition) is 0. The quantitative estimate of drug-likeness (QED) is 0.728. The van der Waals surface area contributed by atoms with Crippen LogP contribution in [0.3, 0.4) is 0 Å². The zero-order valence-electron chi connectivity index (χ0n) is 11.2. The predicted octanol–water partition coefficient (Wildman–Crippen LogP) is 4.31. The van der Waals surface area contributed by atoms with Gasteiger partial charge in [-0.25, -0.2) is 0 Å². The molecule has 4 heteroatoms. The molecule has 3 nitrogen and oxygen atoms in total. The van der Waals surface area contributed by atoms with Gasteiger partial charge in [0.05, 0.1) is 34.7 Å². The summed E-state index contributed by atoms with van der Waals surface area (Å²) in [5.41, 5.74) is 0.250. The molecular weight excluding hydrogens is 260 g/mol. The lowest BCUT2D eigenvalue weighted by Gasteiger charge is -2.14. The van der Waals surface area contributed by atoms with Crippen molar-refractivity contribution in [2.24, 2.45) is 5.41 Å². The van der Waals surface area contributed by atoms with Crippen LogP contribution in [0, 0.1) is 28.1 Å². The molecule has 0 atom stereocenters. The first-order valence-corrected chi connectivity index (χ1v) is 6.60. The Morgan fingerprint density at radius 2 is 2.00 bits per heavy atom. The van der Waals surface area contributed by atoms with Crippen LogP contribution in [0.4, 0.5) is 0 Å². The Morgan fingerprint density at radius 3 is 2.58 bits per heavy atom. The number of unbranched alkanes of at least 4 members (excludes halogenated alkanes) is 1. The van der Waals surface area contributed by atoms with Crippen LogP contribution in [0.25, 0.3) is 0 Å². The fourth-order valence-electron chi connectivity index (χ4n) is 1.59. The molecule has 0 saturated heterocycles. The minimum Gasteiger partial charge on any atom is -0.492 e. The van der Waals surface area contributed by atoms with Crippen molar-refractivity contribution in [2.45, 2.75) is 33.1 Å². The second-order valence-electron chi connectivity index (χ2n) is 5.06. The minimum atomic E-state index is -0.272. The lowest BCUT2D eigenvalue weighted by molar-refractivity contribution is 0.295. The minimum absolute atomic E-state index is 0.272. The van der Waals surface area contributed by atoms with Crippen molar-refractivity contribution >= 4 is 11.6 Å². The van der Waals surface area contributed by atoms with E-state index in [1.807, 2.05) is 19.9 Å². The van der Waals surface area contributed by atoms with Gasteiger partial charge in [0, 0.05) is 0 Å². The first-order chi connectivity index (χ1) is 8.98. The molecule has 1 rings (SSSR count). The van der Waals surface area contributed by atoms with Crippen molar-refractivity contribution in [3.05, 3.63) is 28.8 Å². The number of hydrogen-bond acceptors (Lipinski definition) is 3. The van der Waals surface area contributed by atoms with Crippen LogP contribution in [0.5, 0.6) is 5.75 Å². The summed E-state index contributed by atoms with van der Waals surface area (Å²) >= 11 is 6.00. The normalized spacial score (nSPS) is 10.6. The van der Waals surface area contributed by atoms with Gasteiger partial charge in [0.2, 0.25) is 0 Å². The summed E-state index contributed by atoms with van der Waals surface area (Å²) in [6.07, 6.45) is 2.67. The molecule has 0 amide bonds. The molecule has 0 fully saturated rings. The topological polar surface area (TPSA) is 56.8 Å². The van der Waals surface area contributed by atoms with Crippen molar-refractivity contribution < 1.29 is 4.74 Å². The molecule has 19 heavy (non-hydrogen) atoms. The number of benzene rings is 1. The predicted molar refractivity (Wildman–Crippen MR) is 74.9 cm³/mol. The van der Waals surface area contributed by atoms with Gasteiger partial charge < -0.3 is 4.74 Å². The smallest absolute Gasteiger partial charge is 0.137 e. The first-order valence-electron chi connectivity index (χ1n) is 6.22. The molecule has 1 aromatic carbocycles. The standard InChI is InChI=1S/C15H17ClN2O/c1-15(2,11-18)7-3-4-8-19-14-6-5-12(10-17)9-13(14)16/h5-6,9H,3-4,7-8H2,1-2H3. The SMILES string of the molecule is CC(C)(C#N)CCCCOc1ccc(C#N)cc1Cl. The van der Waals surface area contributed by atoms with E-state index in [0.29, 0.717) is 22.9 Å². The van der Waals surface area contributed by atoms with Crippen molar-refractivity contribution in [1.29, 1.82) is 10.5 Å². The number of halogens is 1. The Hall–Kier alpha value is -1.71. The van der Waals surface area contributed by atoms with E-state index in [0.717, 1.165) is 19.3 Å². The molecule has 100 valence electrons. The molecule has 0 aliphatic carbocycles. The highest BCUT2D eigenvalue weighted by molar-refractivity contribution is 6.32. The monoisotopic (exact) mass is 276 g/mol. The maximum Gasteiger partial charge on any atom is 0.137 e. The molecule has 0 aliphatic rings. The van der Waals surface area contributed by atoms with Crippen LogP contribution in [-0.4, -0.2) is 6.61 Å². The third-order valence-corrected chi connectivity index (χ3v) is 3.11. The zero-order chi connectivity index (χ0) is 14.3. The van der Waals surface area contributed by atoms with E-state index in [-0.39, 0.29) is 5.41 Å². The molecule has 0 aromatic heterocycles. The summed E-state index contributed by atoms with van der Waals surface area (Å²) in [6.45, 7) is 4.43. The molecular formula is C15H17ClN2O. The van der Waals surface area contributed by atoms with Gasteiger partial charge in [0.15, 0.2) is 0 Å². The Bertz CT molecular complexity index is 512. The zero-order valence-corrected chi connectivity index (χ0v) is 12.0. The number of ether oxygens (including phenoxy) is 1. The van der Waals surface area contributed by atoms with Crippen molar-refractivity contribution in [3.63, 3.8) is 0 Å². The highest BCUT2D eigenvalue weighted by Gasteiger charge is 2.15. The Labute approximate surface area is 119 Å². The summed E-state index contributed by atoms with van der Waals surface area (Å²) in [5.74, 6) is 0.597. The molecule has 0 bridgehead atoms. The Balaban J connectivity index is 2.35. The maximum atomic E-state index is 8.89. The fraction of sp³-hybridized carbons (Fsp3) is 0.467. The summed E-state index contributed by atoms with van der Waals surface area (Å²) in [6, 6.07) is 9.28. The molecule has 0 spiro atoms. The molecule has 0 saturated carbocycles. The van der Waals surface area contributed by atoms with Crippen LogP contribution in [0.1, 0.15) is 38.7 Å². The van der Waals surface area contributed by atoms with Crippen LogP contribution >= 0.6 is 11.6 Å². The lowest BCUT2D eigenvalue weighted by Crippen LogP contribution is -2.08. The van der Waals surface area contributed by atoms with Crippen molar-refractivity contribution in [1.82, 2.24) is 0 Å². The second-order valence-corrected chi connectivity index (χ2v) is 5.47. The van der Waals surface area contributed by atoms with Crippen LogP contribution in [0.2, 0.25) is 5.02 Å². The van der Waals surface area contributed by atoms with Gasteiger partial charge in [-0.1, -0.05) is 11.6 Å². The van der Waals surface area contributed by atoms with E-state index in [9.17, 15) is 0 Å². The van der Waals surface area contributed by atoms with Gasteiger partial charge in [-0.3, -0.25) is 0 Å². The number of nitriles is 2. The van der Waals surface area contributed by atoms with E-state index in [1.54, 1.807) is 18.2 Å². The fourth-order valence-corrected chi connectivity index (χ4v) is 1.83. The van der Waals surface area contributed by atoms with Gasteiger partial charge in [-0.05, 0) is 51.3 Å². The summed E-state index contributed by atoms with van der Waals surface area (Å²) < 4.78 is 5.56. The van der Waals surface area contributed by atoms with E-state index in [1.165, 1.54) is 0 Å². The molecule has 0 N–H and O–H groups in total. The highest BCUT2D eigenvalue weighted by atomic mass is 35.5. The average molecular weight is 277 g/mol. The van der Waals surface area contributed by atoms with Gasteiger partial charge >= 0.3 is 0 Å². The largest absolute Gasteiger partial charge is 0.492 e. The lowest BCUT2D eigenvalue weighted by atomic mass is 9.89. The Morgan fingerprint density at radius 1 is 1.26 bits per heavy atom. The molecule has 0 radical (unpaired) electrons. The third-order valence-electron chi connectivity index (χ3n) is 2.82. The molecule has 1 aromatic rings. The Kier molecular flexibility index (Phi) is 5.67. The summed E-state index contributed by atoms with van der Waals surface area (Å²) in [4.78, 5) is 0.